The van der Waals surface area contributed by atoms with Crippen LogP contribution in [0, 0.1) is 20.8 Å². The molecular formula is C21H20N2OS. The number of benzene rings is 2. The molecule has 4 aromatic rings. The number of thiazole rings is 1. The van der Waals surface area contributed by atoms with Crippen LogP contribution in [-0.2, 0) is 6.61 Å². The van der Waals surface area contributed by atoms with E-state index >= 15 is 0 Å². The minimum absolute atomic E-state index is 0.0335. The molecule has 0 bridgehead atoms. The van der Waals surface area contributed by atoms with Crippen molar-refractivity contribution in [1.29, 1.82) is 0 Å². The molecule has 0 aliphatic rings. The van der Waals surface area contributed by atoms with E-state index in [1.807, 2.05) is 22.6 Å². The molecule has 0 atom stereocenters. The fourth-order valence-electron chi connectivity index (χ4n) is 3.53. The lowest BCUT2D eigenvalue weighted by atomic mass is 9.96. The van der Waals surface area contributed by atoms with Gasteiger partial charge < -0.3 is 5.11 Å². The summed E-state index contributed by atoms with van der Waals surface area (Å²) in [7, 11) is 0. The van der Waals surface area contributed by atoms with E-state index in [1.54, 1.807) is 11.3 Å². The van der Waals surface area contributed by atoms with Crippen LogP contribution in [0.2, 0.25) is 0 Å². The van der Waals surface area contributed by atoms with Crippen LogP contribution in [0.1, 0.15) is 22.4 Å². The largest absolute Gasteiger partial charge is 0.390 e. The number of aryl methyl sites for hydroxylation is 3. The average Bonchev–Trinajstić information content (AvgIpc) is 3.12. The zero-order valence-corrected chi connectivity index (χ0v) is 15.4. The van der Waals surface area contributed by atoms with E-state index in [1.165, 1.54) is 22.3 Å². The first-order valence-corrected chi connectivity index (χ1v) is 9.15. The molecule has 25 heavy (non-hydrogen) atoms. The molecule has 126 valence electrons. The average molecular weight is 348 g/mol. The summed E-state index contributed by atoms with van der Waals surface area (Å²) in [5.74, 6) is 0. The Morgan fingerprint density at radius 3 is 2.36 bits per heavy atom. The van der Waals surface area contributed by atoms with E-state index in [2.05, 4.69) is 51.2 Å². The maximum Gasteiger partial charge on any atom is 0.195 e. The molecule has 2 heterocycles. The Kier molecular flexibility index (Phi) is 3.94. The van der Waals surface area contributed by atoms with E-state index in [-0.39, 0.29) is 6.61 Å². The Labute approximate surface area is 151 Å². The number of fused-ring (bicyclic) bond motifs is 1. The fraction of sp³-hybridized carbons (Fsp3) is 0.190. The highest BCUT2D eigenvalue weighted by Crippen LogP contribution is 2.35. The first-order valence-electron chi connectivity index (χ1n) is 8.33. The van der Waals surface area contributed by atoms with Crippen LogP contribution < -0.4 is 0 Å². The molecule has 0 aliphatic heterocycles. The smallest absolute Gasteiger partial charge is 0.195 e. The molecule has 0 saturated heterocycles. The minimum Gasteiger partial charge on any atom is -0.390 e. The molecule has 2 aromatic carbocycles. The zero-order chi connectivity index (χ0) is 17.6. The highest BCUT2D eigenvalue weighted by Gasteiger charge is 2.19. The van der Waals surface area contributed by atoms with Gasteiger partial charge in [0.2, 0.25) is 0 Å². The van der Waals surface area contributed by atoms with Crippen LogP contribution in [0.3, 0.4) is 0 Å². The van der Waals surface area contributed by atoms with Crippen molar-refractivity contribution < 1.29 is 5.11 Å². The third-order valence-corrected chi connectivity index (χ3v) is 5.58. The molecule has 4 heteroatoms. The van der Waals surface area contributed by atoms with Crippen LogP contribution in [0.5, 0.6) is 0 Å². The third-order valence-electron chi connectivity index (χ3n) is 4.55. The Morgan fingerprint density at radius 2 is 1.72 bits per heavy atom. The highest BCUT2D eigenvalue weighted by molar-refractivity contribution is 7.20. The van der Waals surface area contributed by atoms with Crippen molar-refractivity contribution in [2.75, 3.05) is 0 Å². The fourth-order valence-corrected chi connectivity index (χ4v) is 4.54. The number of hydrogen-bond acceptors (Lipinski definition) is 3. The maximum absolute atomic E-state index is 10.0. The predicted molar refractivity (Wildman–Crippen MR) is 104 cm³/mol. The molecule has 0 aliphatic carbocycles. The van der Waals surface area contributed by atoms with Gasteiger partial charge in [0.1, 0.15) is 0 Å². The predicted octanol–water partition coefficient (Wildman–Crippen LogP) is 5.15. The van der Waals surface area contributed by atoms with Gasteiger partial charge in [0.25, 0.3) is 0 Å². The number of aliphatic hydroxyl groups excluding tert-OH is 1. The van der Waals surface area contributed by atoms with Gasteiger partial charge in [-0.1, -0.05) is 59.4 Å². The Balaban J connectivity index is 1.91. The lowest BCUT2D eigenvalue weighted by Crippen LogP contribution is -1.96. The molecule has 0 fully saturated rings. The molecular weight excluding hydrogens is 328 g/mol. The number of rotatable bonds is 3. The molecule has 0 amide bonds. The standard InChI is InChI=1S/C21H20N2OS/c1-13-9-14(2)19(15(3)10-13)20-17(12-24)23-11-18(25-21(23)22-20)16-7-5-4-6-8-16/h4-11,24H,12H2,1-3H3. The Morgan fingerprint density at radius 1 is 1.04 bits per heavy atom. The number of imidazole rings is 1. The first-order chi connectivity index (χ1) is 12.1. The summed E-state index contributed by atoms with van der Waals surface area (Å²) in [5.41, 5.74) is 7.68. The van der Waals surface area contributed by atoms with E-state index in [4.69, 9.17) is 4.98 Å². The van der Waals surface area contributed by atoms with Gasteiger partial charge in [-0.3, -0.25) is 4.40 Å². The second-order valence-corrected chi connectivity index (χ2v) is 7.46. The molecule has 2 aromatic heterocycles. The van der Waals surface area contributed by atoms with Gasteiger partial charge in [-0.05, 0) is 37.5 Å². The van der Waals surface area contributed by atoms with Crippen LogP contribution in [0.25, 0.3) is 26.7 Å². The van der Waals surface area contributed by atoms with Crippen molar-refractivity contribution >= 4 is 16.3 Å². The zero-order valence-electron chi connectivity index (χ0n) is 14.6. The summed E-state index contributed by atoms with van der Waals surface area (Å²) in [4.78, 5) is 6.94. The molecule has 1 N–H and O–H groups in total. The van der Waals surface area contributed by atoms with Gasteiger partial charge >= 0.3 is 0 Å². The van der Waals surface area contributed by atoms with Gasteiger partial charge in [0, 0.05) is 11.8 Å². The first kappa shape index (κ1) is 16.1. The monoisotopic (exact) mass is 348 g/mol. The molecule has 4 rings (SSSR count). The van der Waals surface area contributed by atoms with Crippen LogP contribution in [-0.4, -0.2) is 14.5 Å². The summed E-state index contributed by atoms with van der Waals surface area (Å²) in [6.07, 6.45) is 2.08. The van der Waals surface area contributed by atoms with Gasteiger partial charge in [-0.25, -0.2) is 4.98 Å². The summed E-state index contributed by atoms with van der Waals surface area (Å²) < 4.78 is 2.03. The summed E-state index contributed by atoms with van der Waals surface area (Å²) in [6, 6.07) is 14.6. The maximum atomic E-state index is 10.0. The summed E-state index contributed by atoms with van der Waals surface area (Å²) in [5, 5.41) is 10.0. The van der Waals surface area contributed by atoms with E-state index in [0.717, 1.165) is 26.8 Å². The normalized spacial score (nSPS) is 11.4. The van der Waals surface area contributed by atoms with Gasteiger partial charge in [0.05, 0.1) is 22.9 Å². The number of aromatic nitrogens is 2. The van der Waals surface area contributed by atoms with Crippen molar-refractivity contribution in [2.24, 2.45) is 0 Å². The van der Waals surface area contributed by atoms with Crippen LogP contribution >= 0.6 is 11.3 Å². The topological polar surface area (TPSA) is 37.5 Å². The molecule has 3 nitrogen and oxygen atoms in total. The van der Waals surface area contributed by atoms with Gasteiger partial charge in [0.15, 0.2) is 4.96 Å². The second-order valence-electron chi connectivity index (χ2n) is 6.45. The highest BCUT2D eigenvalue weighted by atomic mass is 32.1. The van der Waals surface area contributed by atoms with Crippen molar-refractivity contribution in [3.05, 3.63) is 71.0 Å². The molecule has 0 spiro atoms. The SMILES string of the molecule is Cc1cc(C)c(-c2nc3sc(-c4ccccc4)cn3c2CO)c(C)c1. The Bertz CT molecular complexity index is 1040. The molecule has 0 radical (unpaired) electrons. The number of aliphatic hydroxyl groups is 1. The van der Waals surface area contributed by atoms with Gasteiger partial charge in [-0.2, -0.15) is 0 Å². The summed E-state index contributed by atoms with van der Waals surface area (Å²) in [6.45, 7) is 6.29. The van der Waals surface area contributed by atoms with Crippen LogP contribution in [0.15, 0.2) is 48.7 Å². The van der Waals surface area contributed by atoms with Gasteiger partial charge in [-0.15, -0.1) is 0 Å². The number of nitrogens with zero attached hydrogens (tertiary/aromatic N) is 2. The minimum atomic E-state index is -0.0335. The van der Waals surface area contributed by atoms with Crippen LogP contribution in [0.4, 0.5) is 0 Å². The van der Waals surface area contributed by atoms with E-state index in [0.29, 0.717) is 0 Å². The lowest BCUT2D eigenvalue weighted by molar-refractivity contribution is 0.276. The third kappa shape index (κ3) is 2.68. The van der Waals surface area contributed by atoms with E-state index in [9.17, 15) is 5.11 Å². The van der Waals surface area contributed by atoms with Crippen molar-refractivity contribution in [3.63, 3.8) is 0 Å². The lowest BCUT2D eigenvalue weighted by Gasteiger charge is -2.10. The molecule has 0 saturated carbocycles. The summed E-state index contributed by atoms with van der Waals surface area (Å²) >= 11 is 1.65. The van der Waals surface area contributed by atoms with Crippen molar-refractivity contribution in [2.45, 2.75) is 27.4 Å². The number of hydrogen-bond donors (Lipinski definition) is 1. The second kappa shape index (κ2) is 6.14. The van der Waals surface area contributed by atoms with E-state index < -0.39 is 0 Å². The molecule has 0 unspecified atom stereocenters. The quantitative estimate of drug-likeness (QED) is 0.556. The Hall–Kier alpha value is -2.43. The van der Waals surface area contributed by atoms with Crippen molar-refractivity contribution in [3.8, 4) is 21.7 Å². The van der Waals surface area contributed by atoms with Crippen molar-refractivity contribution in [1.82, 2.24) is 9.38 Å².